The van der Waals surface area contributed by atoms with Gasteiger partial charge in [-0.05, 0) is 31.2 Å². The number of ether oxygens (including phenoxy) is 1. The molecule has 27 heavy (non-hydrogen) atoms. The Bertz CT molecular complexity index is 931. The van der Waals surface area contributed by atoms with Gasteiger partial charge in [0.2, 0.25) is 5.91 Å². The number of anilines is 1. The van der Waals surface area contributed by atoms with Gasteiger partial charge in [0, 0.05) is 18.2 Å². The Morgan fingerprint density at radius 3 is 2.81 bits per heavy atom. The van der Waals surface area contributed by atoms with Gasteiger partial charge in [0.1, 0.15) is 11.5 Å². The van der Waals surface area contributed by atoms with E-state index in [9.17, 15) is 4.79 Å². The molecule has 3 aromatic rings. The zero-order valence-electron chi connectivity index (χ0n) is 15.1. The van der Waals surface area contributed by atoms with Gasteiger partial charge >= 0.3 is 0 Å². The SMILES string of the molecule is C=CCn1c(-c2ccc(OC)cc2)cnc1SCC(=O)Nc1cc(C)on1. The van der Waals surface area contributed by atoms with Crippen molar-refractivity contribution in [2.24, 2.45) is 0 Å². The number of carbonyl (C=O) groups is 1. The van der Waals surface area contributed by atoms with Crippen LogP contribution in [0.4, 0.5) is 5.82 Å². The van der Waals surface area contributed by atoms with Crippen LogP contribution in [0.1, 0.15) is 5.76 Å². The topological polar surface area (TPSA) is 82.2 Å². The first-order valence-corrected chi connectivity index (χ1v) is 9.26. The smallest absolute Gasteiger partial charge is 0.236 e. The van der Waals surface area contributed by atoms with Crippen molar-refractivity contribution in [3.05, 3.63) is 54.9 Å². The highest BCUT2D eigenvalue weighted by atomic mass is 32.2. The lowest BCUT2D eigenvalue weighted by atomic mass is 10.1. The molecular weight excluding hydrogens is 364 g/mol. The van der Waals surface area contributed by atoms with Crippen LogP contribution >= 0.6 is 11.8 Å². The number of amides is 1. The summed E-state index contributed by atoms with van der Waals surface area (Å²) in [6.45, 7) is 6.18. The van der Waals surface area contributed by atoms with Gasteiger partial charge in [-0.25, -0.2) is 4.98 Å². The number of aryl methyl sites for hydroxylation is 1. The minimum atomic E-state index is -0.174. The van der Waals surface area contributed by atoms with Gasteiger partial charge in [-0.3, -0.25) is 4.79 Å². The predicted molar refractivity (Wildman–Crippen MR) is 105 cm³/mol. The Morgan fingerprint density at radius 1 is 1.41 bits per heavy atom. The quantitative estimate of drug-likeness (QED) is 0.470. The van der Waals surface area contributed by atoms with Crippen LogP contribution in [0.25, 0.3) is 11.3 Å². The van der Waals surface area contributed by atoms with Crippen LogP contribution in [0.2, 0.25) is 0 Å². The van der Waals surface area contributed by atoms with Gasteiger partial charge in [0.25, 0.3) is 0 Å². The zero-order chi connectivity index (χ0) is 19.2. The van der Waals surface area contributed by atoms with Crippen LogP contribution in [0, 0.1) is 6.92 Å². The van der Waals surface area contributed by atoms with Crippen LogP contribution in [-0.2, 0) is 11.3 Å². The number of thioether (sulfide) groups is 1. The molecule has 0 saturated carbocycles. The van der Waals surface area contributed by atoms with Crippen LogP contribution in [0.5, 0.6) is 5.75 Å². The number of carbonyl (C=O) groups excluding carboxylic acids is 1. The molecule has 140 valence electrons. The van der Waals surface area contributed by atoms with Crippen molar-refractivity contribution in [3.8, 4) is 17.0 Å². The maximum atomic E-state index is 12.1. The molecule has 0 aliphatic carbocycles. The first kappa shape index (κ1) is 18.8. The van der Waals surface area contributed by atoms with E-state index in [4.69, 9.17) is 9.26 Å². The lowest BCUT2D eigenvalue weighted by molar-refractivity contribution is -0.113. The summed E-state index contributed by atoms with van der Waals surface area (Å²) in [7, 11) is 1.64. The average molecular weight is 384 g/mol. The second-order valence-electron chi connectivity index (χ2n) is 5.71. The highest BCUT2D eigenvalue weighted by Gasteiger charge is 2.14. The fourth-order valence-corrected chi connectivity index (χ4v) is 3.29. The first-order chi connectivity index (χ1) is 13.1. The van der Waals surface area contributed by atoms with Crippen molar-refractivity contribution in [3.63, 3.8) is 0 Å². The molecule has 0 aliphatic heterocycles. The van der Waals surface area contributed by atoms with Gasteiger partial charge in [0.05, 0.1) is 24.8 Å². The number of allylic oxidation sites excluding steroid dienone is 1. The monoisotopic (exact) mass is 384 g/mol. The molecule has 2 aromatic heterocycles. The molecule has 1 amide bonds. The van der Waals surface area contributed by atoms with E-state index in [1.54, 1.807) is 32.4 Å². The molecule has 7 nitrogen and oxygen atoms in total. The number of aromatic nitrogens is 3. The third-order valence-electron chi connectivity index (χ3n) is 3.74. The number of imidazole rings is 1. The normalized spacial score (nSPS) is 10.6. The van der Waals surface area contributed by atoms with E-state index in [1.807, 2.05) is 28.8 Å². The molecule has 3 rings (SSSR count). The summed E-state index contributed by atoms with van der Waals surface area (Å²) >= 11 is 1.35. The standard InChI is InChI=1S/C19H20N4O3S/c1-4-9-23-16(14-5-7-15(25-3)8-6-14)11-20-19(23)27-12-18(24)21-17-10-13(2)26-22-17/h4-8,10-11H,1,9,12H2,2-3H3,(H,21,22,24). The fourth-order valence-electron chi connectivity index (χ4n) is 2.51. The molecular formula is C19H20N4O3S. The lowest BCUT2D eigenvalue weighted by Gasteiger charge is -2.10. The van der Waals surface area contributed by atoms with Crippen molar-refractivity contribution in [2.75, 3.05) is 18.2 Å². The molecule has 1 N–H and O–H groups in total. The van der Waals surface area contributed by atoms with Crippen LogP contribution < -0.4 is 10.1 Å². The molecule has 0 fully saturated rings. The Kier molecular flexibility index (Phi) is 5.97. The van der Waals surface area contributed by atoms with Gasteiger partial charge in [-0.2, -0.15) is 0 Å². The summed E-state index contributed by atoms with van der Waals surface area (Å²) in [5.74, 6) is 1.88. The van der Waals surface area contributed by atoms with Crippen LogP contribution in [0.3, 0.4) is 0 Å². The van der Waals surface area contributed by atoms with Crippen molar-refractivity contribution < 1.29 is 14.1 Å². The number of nitrogens with one attached hydrogen (secondary N) is 1. The van der Waals surface area contributed by atoms with E-state index in [-0.39, 0.29) is 11.7 Å². The van der Waals surface area contributed by atoms with Gasteiger partial charge in [-0.15, -0.1) is 6.58 Å². The molecule has 0 aliphatic rings. The number of nitrogens with zero attached hydrogens (tertiary/aromatic N) is 3. The summed E-state index contributed by atoms with van der Waals surface area (Å²) < 4.78 is 12.2. The van der Waals surface area contributed by atoms with Crippen molar-refractivity contribution in [2.45, 2.75) is 18.6 Å². The summed E-state index contributed by atoms with van der Waals surface area (Å²) in [4.78, 5) is 16.6. The molecule has 0 atom stereocenters. The van der Waals surface area contributed by atoms with E-state index >= 15 is 0 Å². The fraction of sp³-hybridized carbons (Fsp3) is 0.211. The third-order valence-corrected chi connectivity index (χ3v) is 4.73. The predicted octanol–water partition coefficient (Wildman–Crippen LogP) is 3.77. The largest absolute Gasteiger partial charge is 0.497 e. The number of hydrogen-bond donors (Lipinski definition) is 1. The molecule has 0 spiro atoms. The van der Waals surface area contributed by atoms with Crippen molar-refractivity contribution in [1.82, 2.24) is 14.7 Å². The highest BCUT2D eigenvalue weighted by molar-refractivity contribution is 7.99. The molecule has 2 heterocycles. The second kappa shape index (κ2) is 8.59. The maximum Gasteiger partial charge on any atom is 0.236 e. The molecule has 0 bridgehead atoms. The summed E-state index contributed by atoms with van der Waals surface area (Å²) in [5, 5.41) is 7.20. The van der Waals surface area contributed by atoms with Crippen molar-refractivity contribution in [1.29, 1.82) is 0 Å². The number of benzene rings is 1. The van der Waals surface area contributed by atoms with Gasteiger partial charge in [0.15, 0.2) is 11.0 Å². The Morgan fingerprint density at radius 2 is 2.19 bits per heavy atom. The van der Waals surface area contributed by atoms with Gasteiger partial charge in [-0.1, -0.05) is 23.0 Å². The van der Waals surface area contributed by atoms with Crippen molar-refractivity contribution >= 4 is 23.5 Å². The summed E-state index contributed by atoms with van der Waals surface area (Å²) in [5.41, 5.74) is 1.96. The maximum absolute atomic E-state index is 12.1. The van der Waals surface area contributed by atoms with E-state index in [2.05, 4.69) is 22.0 Å². The van der Waals surface area contributed by atoms with E-state index in [0.717, 1.165) is 22.2 Å². The number of rotatable bonds is 8. The Hall–Kier alpha value is -3.00. The minimum absolute atomic E-state index is 0.174. The van der Waals surface area contributed by atoms with Crippen LogP contribution in [-0.4, -0.2) is 33.5 Å². The highest BCUT2D eigenvalue weighted by Crippen LogP contribution is 2.27. The van der Waals surface area contributed by atoms with E-state index in [0.29, 0.717) is 18.1 Å². The Balaban J connectivity index is 1.72. The minimum Gasteiger partial charge on any atom is -0.497 e. The summed E-state index contributed by atoms with van der Waals surface area (Å²) in [6.07, 6.45) is 3.60. The molecule has 0 unspecified atom stereocenters. The molecule has 8 heteroatoms. The van der Waals surface area contributed by atoms with E-state index in [1.165, 1.54) is 11.8 Å². The average Bonchev–Trinajstić information content (AvgIpc) is 3.26. The van der Waals surface area contributed by atoms with Gasteiger partial charge < -0.3 is 19.1 Å². The van der Waals surface area contributed by atoms with Crippen LogP contribution in [0.15, 0.2) is 58.9 Å². The molecule has 0 radical (unpaired) electrons. The zero-order valence-corrected chi connectivity index (χ0v) is 16.0. The molecule has 0 saturated heterocycles. The third kappa shape index (κ3) is 4.59. The number of hydrogen-bond acceptors (Lipinski definition) is 6. The first-order valence-electron chi connectivity index (χ1n) is 8.27. The lowest BCUT2D eigenvalue weighted by Crippen LogP contribution is -2.14. The number of methoxy groups -OCH3 is 1. The Labute approximate surface area is 161 Å². The summed E-state index contributed by atoms with van der Waals surface area (Å²) in [6, 6.07) is 9.43. The second-order valence-corrected chi connectivity index (χ2v) is 6.66. The molecule has 1 aromatic carbocycles. The van der Waals surface area contributed by atoms with E-state index < -0.39 is 0 Å².